The van der Waals surface area contributed by atoms with Gasteiger partial charge >= 0.3 is 0 Å². The predicted octanol–water partition coefficient (Wildman–Crippen LogP) is 1.06. The number of nitrogens with two attached hydrogens (primary N) is 1. The summed E-state index contributed by atoms with van der Waals surface area (Å²) in [5.74, 6) is 1.14. The molecule has 0 bridgehead atoms. The van der Waals surface area contributed by atoms with Gasteiger partial charge in [-0.1, -0.05) is 5.16 Å². The molecule has 0 aliphatic rings. The van der Waals surface area contributed by atoms with Gasteiger partial charge in [0.2, 0.25) is 11.7 Å². The normalized spacial score (nSPS) is 10.5. The van der Waals surface area contributed by atoms with Gasteiger partial charge in [0.15, 0.2) is 11.6 Å². The summed E-state index contributed by atoms with van der Waals surface area (Å²) in [5, 5.41) is 6.90. The standard InChI is InChI=1S/C9H11ClN6O/c1-5-7(11)8(15-9(10)14-5)12-3-2-6-13-4-17-16-6/h4H,2-3,11H2,1H3,(H,12,14,15). The summed E-state index contributed by atoms with van der Waals surface area (Å²) >= 11 is 5.74. The number of nitrogen functional groups attached to an aromatic ring is 1. The third kappa shape index (κ3) is 2.82. The maximum Gasteiger partial charge on any atom is 0.224 e. The van der Waals surface area contributed by atoms with Gasteiger partial charge in [-0.25, -0.2) is 4.98 Å². The summed E-state index contributed by atoms with van der Waals surface area (Å²) < 4.78 is 4.62. The maximum atomic E-state index is 5.82. The van der Waals surface area contributed by atoms with Crippen LogP contribution < -0.4 is 11.1 Å². The van der Waals surface area contributed by atoms with Gasteiger partial charge in [0.05, 0.1) is 11.4 Å². The van der Waals surface area contributed by atoms with Crippen molar-refractivity contribution in [2.75, 3.05) is 17.6 Å². The first-order valence-electron chi connectivity index (χ1n) is 4.95. The fraction of sp³-hybridized carbons (Fsp3) is 0.333. The molecule has 7 nitrogen and oxygen atoms in total. The molecule has 0 amide bonds. The van der Waals surface area contributed by atoms with E-state index >= 15 is 0 Å². The van der Waals surface area contributed by atoms with Crippen LogP contribution in [0.25, 0.3) is 0 Å². The maximum absolute atomic E-state index is 5.82. The molecule has 3 N–H and O–H groups in total. The molecule has 2 heterocycles. The van der Waals surface area contributed by atoms with Crippen molar-refractivity contribution >= 4 is 23.1 Å². The second-order valence-corrected chi connectivity index (χ2v) is 3.70. The molecule has 0 fully saturated rings. The lowest BCUT2D eigenvalue weighted by molar-refractivity contribution is 0.410. The van der Waals surface area contributed by atoms with Gasteiger partial charge in [-0.2, -0.15) is 9.97 Å². The number of nitrogens with one attached hydrogen (secondary N) is 1. The van der Waals surface area contributed by atoms with Crippen LogP contribution in [0.5, 0.6) is 0 Å². The monoisotopic (exact) mass is 254 g/mol. The van der Waals surface area contributed by atoms with E-state index in [0.29, 0.717) is 36.0 Å². The SMILES string of the molecule is Cc1nc(Cl)nc(NCCc2ncon2)c1N. The molecule has 0 aliphatic heterocycles. The lowest BCUT2D eigenvalue weighted by atomic mass is 10.3. The first kappa shape index (κ1) is 11.6. The largest absolute Gasteiger partial charge is 0.394 e. The van der Waals surface area contributed by atoms with Crippen LogP contribution in [0.3, 0.4) is 0 Å². The van der Waals surface area contributed by atoms with Crippen molar-refractivity contribution in [3.8, 4) is 0 Å². The number of hydrogen-bond acceptors (Lipinski definition) is 7. The fourth-order valence-corrected chi connectivity index (χ4v) is 1.49. The number of rotatable bonds is 4. The molecule has 0 unspecified atom stereocenters. The van der Waals surface area contributed by atoms with E-state index in [1.807, 2.05) is 0 Å². The first-order chi connectivity index (χ1) is 8.16. The lowest BCUT2D eigenvalue weighted by Gasteiger charge is -2.08. The number of halogens is 1. The van der Waals surface area contributed by atoms with Crippen LogP contribution in [0.1, 0.15) is 11.5 Å². The minimum absolute atomic E-state index is 0.166. The van der Waals surface area contributed by atoms with Crippen molar-refractivity contribution in [1.82, 2.24) is 20.1 Å². The number of hydrogen-bond donors (Lipinski definition) is 2. The molecule has 0 spiro atoms. The van der Waals surface area contributed by atoms with Crippen molar-refractivity contribution in [2.24, 2.45) is 0 Å². The third-order valence-corrected chi connectivity index (χ3v) is 2.33. The molecule has 0 radical (unpaired) electrons. The van der Waals surface area contributed by atoms with Gasteiger partial charge in [0.25, 0.3) is 0 Å². The molecular weight excluding hydrogens is 244 g/mol. The zero-order valence-corrected chi connectivity index (χ0v) is 9.90. The Bertz CT molecular complexity index is 500. The molecule has 2 rings (SSSR count). The summed E-state index contributed by atoms with van der Waals surface area (Å²) in [7, 11) is 0. The topological polar surface area (TPSA) is 103 Å². The fourth-order valence-electron chi connectivity index (χ4n) is 1.28. The zero-order valence-electron chi connectivity index (χ0n) is 9.14. The highest BCUT2D eigenvalue weighted by atomic mass is 35.5. The van der Waals surface area contributed by atoms with Crippen molar-refractivity contribution < 1.29 is 4.52 Å². The van der Waals surface area contributed by atoms with Crippen LogP contribution in [0.15, 0.2) is 10.9 Å². The average molecular weight is 255 g/mol. The van der Waals surface area contributed by atoms with Crippen molar-refractivity contribution in [2.45, 2.75) is 13.3 Å². The Morgan fingerprint density at radius 3 is 3.00 bits per heavy atom. The van der Waals surface area contributed by atoms with Gasteiger partial charge in [0, 0.05) is 13.0 Å². The molecule has 0 aliphatic carbocycles. The van der Waals surface area contributed by atoms with Gasteiger partial charge in [-0.05, 0) is 18.5 Å². The predicted molar refractivity (Wildman–Crippen MR) is 62.7 cm³/mol. The third-order valence-electron chi connectivity index (χ3n) is 2.16. The Balaban J connectivity index is 1.99. The Kier molecular flexibility index (Phi) is 3.38. The van der Waals surface area contributed by atoms with Gasteiger partial charge in [0.1, 0.15) is 0 Å². The second-order valence-electron chi connectivity index (χ2n) is 3.36. The van der Waals surface area contributed by atoms with E-state index in [1.165, 1.54) is 6.39 Å². The highest BCUT2D eigenvalue weighted by Crippen LogP contribution is 2.20. The lowest BCUT2D eigenvalue weighted by Crippen LogP contribution is -2.11. The number of anilines is 2. The van der Waals surface area contributed by atoms with Crippen molar-refractivity contribution in [3.63, 3.8) is 0 Å². The van der Waals surface area contributed by atoms with E-state index in [9.17, 15) is 0 Å². The van der Waals surface area contributed by atoms with Crippen LogP contribution in [0, 0.1) is 6.92 Å². The van der Waals surface area contributed by atoms with Gasteiger partial charge < -0.3 is 15.6 Å². The average Bonchev–Trinajstić information content (AvgIpc) is 2.78. The Morgan fingerprint density at radius 2 is 2.29 bits per heavy atom. The highest BCUT2D eigenvalue weighted by Gasteiger charge is 2.07. The van der Waals surface area contributed by atoms with Crippen molar-refractivity contribution in [1.29, 1.82) is 0 Å². The molecule has 0 atom stereocenters. The van der Waals surface area contributed by atoms with Gasteiger partial charge in [-0.15, -0.1) is 0 Å². The van der Waals surface area contributed by atoms with Gasteiger partial charge in [-0.3, -0.25) is 0 Å². The Morgan fingerprint density at radius 1 is 1.47 bits per heavy atom. The van der Waals surface area contributed by atoms with Crippen LogP contribution in [0.2, 0.25) is 5.28 Å². The molecule has 90 valence electrons. The smallest absolute Gasteiger partial charge is 0.224 e. The summed E-state index contributed by atoms with van der Waals surface area (Å²) in [4.78, 5) is 11.8. The Labute approximate surface area is 102 Å². The van der Waals surface area contributed by atoms with E-state index in [1.54, 1.807) is 6.92 Å². The summed E-state index contributed by atoms with van der Waals surface area (Å²) in [5.41, 5.74) is 6.95. The second kappa shape index (κ2) is 4.96. The van der Waals surface area contributed by atoms with E-state index in [4.69, 9.17) is 17.3 Å². The molecule has 0 aromatic carbocycles. The van der Waals surface area contributed by atoms with Crippen LogP contribution in [0.4, 0.5) is 11.5 Å². The Hall–Kier alpha value is -1.89. The number of aromatic nitrogens is 4. The quantitative estimate of drug-likeness (QED) is 0.786. The van der Waals surface area contributed by atoms with Crippen LogP contribution in [-0.4, -0.2) is 26.7 Å². The zero-order chi connectivity index (χ0) is 12.3. The van der Waals surface area contributed by atoms with E-state index in [0.717, 1.165) is 0 Å². The van der Waals surface area contributed by atoms with Crippen LogP contribution >= 0.6 is 11.6 Å². The summed E-state index contributed by atoms with van der Waals surface area (Å²) in [6.07, 6.45) is 1.89. The van der Waals surface area contributed by atoms with Crippen LogP contribution in [-0.2, 0) is 6.42 Å². The molecule has 2 aromatic rings. The van der Waals surface area contributed by atoms with E-state index in [-0.39, 0.29) is 5.28 Å². The van der Waals surface area contributed by atoms with Crippen molar-refractivity contribution in [3.05, 3.63) is 23.2 Å². The minimum atomic E-state index is 0.166. The summed E-state index contributed by atoms with van der Waals surface area (Å²) in [6, 6.07) is 0. The molecule has 17 heavy (non-hydrogen) atoms. The molecule has 2 aromatic heterocycles. The molecule has 0 saturated heterocycles. The molecular formula is C9H11ClN6O. The number of nitrogens with zero attached hydrogens (tertiary/aromatic N) is 4. The molecule has 0 saturated carbocycles. The van der Waals surface area contributed by atoms with E-state index < -0.39 is 0 Å². The van der Waals surface area contributed by atoms with E-state index in [2.05, 4.69) is 29.9 Å². The summed E-state index contributed by atoms with van der Waals surface area (Å²) in [6.45, 7) is 2.35. The first-order valence-corrected chi connectivity index (χ1v) is 5.33. The number of aryl methyl sites for hydroxylation is 1. The highest BCUT2D eigenvalue weighted by molar-refractivity contribution is 6.28. The molecule has 8 heteroatoms. The minimum Gasteiger partial charge on any atom is -0.394 e.